The van der Waals surface area contributed by atoms with E-state index in [1.165, 1.54) is 0 Å². The number of amides is 3. The summed E-state index contributed by atoms with van der Waals surface area (Å²) >= 11 is 0. The predicted molar refractivity (Wildman–Crippen MR) is 109 cm³/mol. The van der Waals surface area contributed by atoms with Gasteiger partial charge in [-0.15, -0.1) is 0 Å². The number of hydrogen-bond donors (Lipinski definition) is 2. The van der Waals surface area contributed by atoms with Gasteiger partial charge >= 0.3 is 6.03 Å². The lowest BCUT2D eigenvalue weighted by atomic mass is 10.1. The Balaban J connectivity index is 1.39. The molecule has 3 rings (SSSR count). The Morgan fingerprint density at radius 1 is 1.11 bits per heavy atom. The summed E-state index contributed by atoms with van der Waals surface area (Å²) in [7, 11) is 0. The number of anilines is 1. The molecule has 1 saturated heterocycles. The van der Waals surface area contributed by atoms with Crippen LogP contribution in [-0.2, 0) is 11.2 Å². The molecule has 3 amide bonds. The van der Waals surface area contributed by atoms with Gasteiger partial charge in [-0.25, -0.2) is 4.79 Å². The van der Waals surface area contributed by atoms with E-state index in [1.807, 2.05) is 66.4 Å². The van der Waals surface area contributed by atoms with Crippen LogP contribution >= 0.6 is 0 Å². The molecular formula is C22H27N3O3. The van der Waals surface area contributed by atoms with Crippen molar-refractivity contribution in [3.05, 3.63) is 60.2 Å². The van der Waals surface area contributed by atoms with Gasteiger partial charge < -0.3 is 20.3 Å². The number of carbonyl (C=O) groups is 2. The van der Waals surface area contributed by atoms with E-state index in [0.717, 1.165) is 24.3 Å². The second-order valence-electron chi connectivity index (χ2n) is 6.95. The number of rotatable bonds is 7. The molecule has 2 aromatic rings. The Kier molecular flexibility index (Phi) is 6.89. The molecule has 148 valence electrons. The number of nitrogens with zero attached hydrogens (tertiary/aromatic N) is 1. The summed E-state index contributed by atoms with van der Waals surface area (Å²) in [5, 5.41) is 5.72. The smallest absolute Gasteiger partial charge is 0.319 e. The van der Waals surface area contributed by atoms with Crippen molar-refractivity contribution in [2.75, 3.05) is 31.6 Å². The van der Waals surface area contributed by atoms with Gasteiger partial charge in [0.05, 0.1) is 13.0 Å². The zero-order chi connectivity index (χ0) is 19.8. The van der Waals surface area contributed by atoms with Gasteiger partial charge in [-0.1, -0.05) is 30.3 Å². The summed E-state index contributed by atoms with van der Waals surface area (Å²) in [6.45, 7) is 4.53. The second-order valence-corrected chi connectivity index (χ2v) is 6.95. The van der Waals surface area contributed by atoms with Gasteiger partial charge in [-0.2, -0.15) is 0 Å². The van der Waals surface area contributed by atoms with Crippen LogP contribution in [0.3, 0.4) is 0 Å². The minimum Gasteiger partial charge on any atom is -0.494 e. The number of benzene rings is 2. The first-order valence-corrected chi connectivity index (χ1v) is 9.73. The van der Waals surface area contributed by atoms with Gasteiger partial charge in [0.2, 0.25) is 5.91 Å². The fourth-order valence-corrected chi connectivity index (χ4v) is 3.32. The molecule has 1 aliphatic heterocycles. The standard InChI is InChI=1S/C22H27N3O3/c1-2-28-20-10-8-19(9-11-20)24-22(27)23-15-18-12-13-25(16-18)21(26)14-17-6-4-3-5-7-17/h3-11,18H,2,12-16H2,1H3,(H2,23,24,27)/t18-/m0/s1. The van der Waals surface area contributed by atoms with Crippen LogP contribution in [0.1, 0.15) is 18.9 Å². The topological polar surface area (TPSA) is 70.7 Å². The molecule has 0 spiro atoms. The predicted octanol–water partition coefficient (Wildman–Crippen LogP) is 3.30. The van der Waals surface area contributed by atoms with E-state index in [1.54, 1.807) is 0 Å². The minimum absolute atomic E-state index is 0.146. The van der Waals surface area contributed by atoms with E-state index < -0.39 is 0 Å². The highest BCUT2D eigenvalue weighted by molar-refractivity contribution is 5.89. The van der Waals surface area contributed by atoms with Crippen LogP contribution in [0.15, 0.2) is 54.6 Å². The number of nitrogens with one attached hydrogen (secondary N) is 2. The number of urea groups is 1. The fraction of sp³-hybridized carbons (Fsp3) is 0.364. The molecule has 1 aliphatic rings. The molecule has 0 unspecified atom stereocenters. The van der Waals surface area contributed by atoms with Crippen LogP contribution in [-0.4, -0.2) is 43.1 Å². The molecular weight excluding hydrogens is 354 g/mol. The molecule has 6 nitrogen and oxygen atoms in total. The number of ether oxygens (including phenoxy) is 1. The molecule has 0 aromatic heterocycles. The molecule has 6 heteroatoms. The molecule has 0 radical (unpaired) electrons. The summed E-state index contributed by atoms with van der Waals surface area (Å²) < 4.78 is 5.39. The van der Waals surface area contributed by atoms with Gasteiger partial charge in [0.25, 0.3) is 0 Å². The van der Waals surface area contributed by atoms with Crippen molar-refractivity contribution in [1.82, 2.24) is 10.2 Å². The van der Waals surface area contributed by atoms with Gasteiger partial charge in [0.15, 0.2) is 0 Å². The van der Waals surface area contributed by atoms with Crippen LogP contribution in [0.5, 0.6) is 5.75 Å². The SMILES string of the molecule is CCOc1ccc(NC(=O)NC[C@@H]2CCN(C(=O)Cc3ccccc3)C2)cc1. The molecule has 2 aromatic carbocycles. The van der Waals surface area contributed by atoms with Crippen molar-refractivity contribution in [3.63, 3.8) is 0 Å². The van der Waals surface area contributed by atoms with E-state index >= 15 is 0 Å². The highest BCUT2D eigenvalue weighted by Crippen LogP contribution is 2.18. The van der Waals surface area contributed by atoms with Crippen molar-refractivity contribution >= 4 is 17.6 Å². The average molecular weight is 381 g/mol. The Hall–Kier alpha value is -3.02. The number of hydrogen-bond acceptors (Lipinski definition) is 3. The Bertz CT molecular complexity index is 777. The van der Waals surface area contributed by atoms with E-state index in [9.17, 15) is 9.59 Å². The van der Waals surface area contributed by atoms with Crippen LogP contribution in [0.2, 0.25) is 0 Å². The van der Waals surface area contributed by atoms with Gasteiger partial charge in [0.1, 0.15) is 5.75 Å². The molecule has 2 N–H and O–H groups in total. The summed E-state index contributed by atoms with van der Waals surface area (Å²) in [5.41, 5.74) is 1.75. The fourth-order valence-electron chi connectivity index (χ4n) is 3.32. The van der Waals surface area contributed by atoms with Crippen LogP contribution < -0.4 is 15.4 Å². The molecule has 1 fully saturated rings. The lowest BCUT2D eigenvalue weighted by Crippen LogP contribution is -2.35. The maximum absolute atomic E-state index is 12.4. The molecule has 0 aliphatic carbocycles. The highest BCUT2D eigenvalue weighted by Gasteiger charge is 2.26. The Morgan fingerprint density at radius 2 is 1.86 bits per heavy atom. The maximum Gasteiger partial charge on any atom is 0.319 e. The Labute approximate surface area is 165 Å². The average Bonchev–Trinajstić information content (AvgIpc) is 3.18. The van der Waals surface area contributed by atoms with Gasteiger partial charge in [-0.05, 0) is 49.1 Å². The van der Waals surface area contributed by atoms with Crippen LogP contribution in [0, 0.1) is 5.92 Å². The van der Waals surface area contributed by atoms with E-state index in [2.05, 4.69) is 10.6 Å². The lowest BCUT2D eigenvalue weighted by Gasteiger charge is -2.17. The van der Waals surface area contributed by atoms with Crippen molar-refractivity contribution < 1.29 is 14.3 Å². The summed E-state index contributed by atoms with van der Waals surface area (Å²) in [6, 6.07) is 16.8. The highest BCUT2D eigenvalue weighted by atomic mass is 16.5. The monoisotopic (exact) mass is 381 g/mol. The van der Waals surface area contributed by atoms with Crippen molar-refractivity contribution in [1.29, 1.82) is 0 Å². The van der Waals surface area contributed by atoms with E-state index in [4.69, 9.17) is 4.74 Å². The normalized spacial score (nSPS) is 15.9. The van der Waals surface area contributed by atoms with E-state index in [-0.39, 0.29) is 17.9 Å². The van der Waals surface area contributed by atoms with E-state index in [0.29, 0.717) is 31.8 Å². The number of likely N-dealkylation sites (tertiary alicyclic amines) is 1. The largest absolute Gasteiger partial charge is 0.494 e. The van der Waals surface area contributed by atoms with Crippen molar-refractivity contribution in [3.8, 4) is 5.75 Å². The molecule has 1 atom stereocenters. The minimum atomic E-state index is -0.238. The third-order valence-electron chi connectivity index (χ3n) is 4.81. The maximum atomic E-state index is 12.4. The first-order valence-electron chi connectivity index (χ1n) is 9.73. The first kappa shape index (κ1) is 19.7. The zero-order valence-electron chi connectivity index (χ0n) is 16.2. The van der Waals surface area contributed by atoms with Crippen LogP contribution in [0.4, 0.5) is 10.5 Å². The molecule has 28 heavy (non-hydrogen) atoms. The third kappa shape index (κ3) is 5.74. The quantitative estimate of drug-likeness (QED) is 0.773. The number of carbonyl (C=O) groups excluding carboxylic acids is 2. The molecule has 1 heterocycles. The Morgan fingerprint density at radius 3 is 2.57 bits per heavy atom. The van der Waals surface area contributed by atoms with Crippen LogP contribution in [0.25, 0.3) is 0 Å². The van der Waals surface area contributed by atoms with Crippen molar-refractivity contribution in [2.45, 2.75) is 19.8 Å². The second kappa shape index (κ2) is 9.78. The zero-order valence-corrected chi connectivity index (χ0v) is 16.2. The molecule has 0 bridgehead atoms. The summed E-state index contributed by atoms with van der Waals surface area (Å²) in [4.78, 5) is 26.4. The van der Waals surface area contributed by atoms with Crippen molar-refractivity contribution in [2.24, 2.45) is 5.92 Å². The summed E-state index contributed by atoms with van der Waals surface area (Å²) in [6.07, 6.45) is 1.34. The molecule has 0 saturated carbocycles. The summed E-state index contributed by atoms with van der Waals surface area (Å²) in [5.74, 6) is 1.21. The lowest BCUT2D eigenvalue weighted by molar-refractivity contribution is -0.129. The third-order valence-corrected chi connectivity index (χ3v) is 4.81. The van der Waals surface area contributed by atoms with Gasteiger partial charge in [-0.3, -0.25) is 4.79 Å². The first-order chi connectivity index (χ1) is 13.6. The van der Waals surface area contributed by atoms with Gasteiger partial charge in [0, 0.05) is 25.3 Å².